The maximum atomic E-state index is 12.2. The van der Waals surface area contributed by atoms with Crippen LogP contribution in [0.1, 0.15) is 98.8 Å². The van der Waals surface area contributed by atoms with Crippen molar-refractivity contribution in [2.45, 2.75) is 111 Å². The van der Waals surface area contributed by atoms with Crippen LogP contribution in [-0.4, -0.2) is 35.5 Å². The molecule has 11 unspecified atom stereocenters. The smallest absolute Gasteiger partial charge is 0.302 e. The zero-order chi connectivity index (χ0) is 23.5. The first-order chi connectivity index (χ1) is 15.6. The fourth-order valence-electron chi connectivity index (χ4n) is 9.91. The average molecular weight is 458 g/mol. The Morgan fingerprint density at radius 2 is 1.82 bits per heavy atom. The Hall–Kier alpha value is -0.900. The Balaban J connectivity index is 1.44. The molecule has 4 heteroatoms. The van der Waals surface area contributed by atoms with Crippen LogP contribution >= 0.6 is 0 Å². The van der Waals surface area contributed by atoms with E-state index in [1.165, 1.54) is 44.2 Å². The summed E-state index contributed by atoms with van der Waals surface area (Å²) in [5.41, 5.74) is 1.99. The van der Waals surface area contributed by atoms with Gasteiger partial charge in [-0.15, -0.1) is 0 Å². The summed E-state index contributed by atoms with van der Waals surface area (Å²) in [7, 11) is 0. The Morgan fingerprint density at radius 3 is 2.52 bits per heavy atom. The number of aliphatic hydroxyl groups is 1. The first-order valence-electron chi connectivity index (χ1n) is 14.0. The molecule has 4 aliphatic carbocycles. The van der Waals surface area contributed by atoms with Crippen LogP contribution < -0.4 is 0 Å². The van der Waals surface area contributed by atoms with Crippen LogP contribution in [0.3, 0.4) is 0 Å². The highest BCUT2D eigenvalue weighted by Crippen LogP contribution is 2.68. The standard InChI is InChI=1S/C29H47NO3/c1-17-6-9-25(30-16-17)18(2)27-26(33-19(3)31)15-24-22-8-7-20-14-21(32)10-12-28(20,4)23(22)11-13-29(24,27)5/h17-18,20-24,26-27,32H,6-16H2,1-5H3. The number of aliphatic hydroxyl groups excluding tert-OH is 1. The third-order valence-electron chi connectivity index (χ3n) is 11.6. The molecule has 1 aliphatic heterocycles. The first-order valence-corrected chi connectivity index (χ1v) is 14.0. The van der Waals surface area contributed by atoms with Crippen molar-refractivity contribution >= 4 is 11.7 Å². The van der Waals surface area contributed by atoms with Crippen molar-refractivity contribution in [3.05, 3.63) is 0 Å². The summed E-state index contributed by atoms with van der Waals surface area (Å²) in [6, 6.07) is 0. The number of fused-ring (bicyclic) bond motifs is 5. The van der Waals surface area contributed by atoms with Gasteiger partial charge in [-0.25, -0.2) is 0 Å². The van der Waals surface area contributed by atoms with Gasteiger partial charge in [0.25, 0.3) is 0 Å². The van der Waals surface area contributed by atoms with E-state index in [-0.39, 0.29) is 23.6 Å². The summed E-state index contributed by atoms with van der Waals surface area (Å²) in [4.78, 5) is 17.2. The molecule has 0 radical (unpaired) electrons. The molecule has 0 saturated heterocycles. The van der Waals surface area contributed by atoms with E-state index >= 15 is 0 Å². The monoisotopic (exact) mass is 457 g/mol. The largest absolute Gasteiger partial charge is 0.462 e. The Bertz CT molecular complexity index is 794. The molecular weight excluding hydrogens is 410 g/mol. The second-order valence-corrected chi connectivity index (χ2v) is 13.3. The zero-order valence-corrected chi connectivity index (χ0v) is 21.7. The number of nitrogens with zero attached hydrogens (tertiary/aromatic N) is 1. The topological polar surface area (TPSA) is 58.9 Å². The van der Waals surface area contributed by atoms with Gasteiger partial charge in [0.15, 0.2) is 0 Å². The van der Waals surface area contributed by atoms with Gasteiger partial charge in [-0.05, 0) is 105 Å². The van der Waals surface area contributed by atoms with E-state index in [2.05, 4.69) is 27.7 Å². The van der Waals surface area contributed by atoms with E-state index in [0.29, 0.717) is 35.0 Å². The van der Waals surface area contributed by atoms with Crippen molar-refractivity contribution in [2.24, 2.45) is 57.2 Å². The van der Waals surface area contributed by atoms with Crippen LogP contribution in [0.25, 0.3) is 0 Å². The van der Waals surface area contributed by atoms with Crippen LogP contribution in [0.15, 0.2) is 4.99 Å². The lowest BCUT2D eigenvalue weighted by Crippen LogP contribution is -2.54. The summed E-state index contributed by atoms with van der Waals surface area (Å²) in [5.74, 6) is 4.19. The molecule has 4 nitrogen and oxygen atoms in total. The summed E-state index contributed by atoms with van der Waals surface area (Å²) >= 11 is 0. The molecule has 0 aromatic carbocycles. The van der Waals surface area contributed by atoms with Crippen LogP contribution in [0.2, 0.25) is 0 Å². The minimum Gasteiger partial charge on any atom is -0.462 e. The number of aliphatic imine (C=N–C) groups is 1. The molecule has 0 amide bonds. The number of esters is 1. The first kappa shape index (κ1) is 23.8. The molecule has 1 N–H and O–H groups in total. The van der Waals surface area contributed by atoms with Crippen molar-refractivity contribution in [3.63, 3.8) is 0 Å². The minimum atomic E-state index is -0.118. The fraction of sp³-hybridized carbons (Fsp3) is 0.931. The number of hydrogen-bond acceptors (Lipinski definition) is 4. The summed E-state index contributed by atoms with van der Waals surface area (Å²) in [5, 5.41) is 10.3. The van der Waals surface area contributed by atoms with Gasteiger partial charge < -0.3 is 9.84 Å². The molecule has 186 valence electrons. The van der Waals surface area contributed by atoms with Gasteiger partial charge in [-0.1, -0.05) is 27.7 Å². The molecule has 1 heterocycles. The second kappa shape index (κ2) is 8.64. The highest BCUT2D eigenvalue weighted by molar-refractivity contribution is 5.87. The van der Waals surface area contributed by atoms with Crippen LogP contribution in [-0.2, 0) is 9.53 Å². The zero-order valence-electron chi connectivity index (χ0n) is 21.7. The van der Waals surface area contributed by atoms with E-state index in [1.54, 1.807) is 6.92 Å². The maximum absolute atomic E-state index is 12.2. The highest BCUT2D eigenvalue weighted by atomic mass is 16.5. The second-order valence-electron chi connectivity index (χ2n) is 13.3. The number of ether oxygens (including phenoxy) is 1. The molecular formula is C29H47NO3. The van der Waals surface area contributed by atoms with Gasteiger partial charge in [-0.3, -0.25) is 9.79 Å². The molecule has 4 saturated carbocycles. The van der Waals surface area contributed by atoms with E-state index in [1.807, 2.05) is 0 Å². The third kappa shape index (κ3) is 3.91. The van der Waals surface area contributed by atoms with E-state index in [4.69, 9.17) is 9.73 Å². The van der Waals surface area contributed by atoms with Crippen molar-refractivity contribution in [1.29, 1.82) is 0 Å². The van der Waals surface area contributed by atoms with Gasteiger partial charge in [0, 0.05) is 31.0 Å². The third-order valence-corrected chi connectivity index (χ3v) is 11.6. The molecule has 11 atom stereocenters. The number of rotatable bonds is 3. The maximum Gasteiger partial charge on any atom is 0.302 e. The normalized spacial score (nSPS) is 50.4. The predicted molar refractivity (Wildman–Crippen MR) is 132 cm³/mol. The Morgan fingerprint density at radius 1 is 1.06 bits per heavy atom. The lowest BCUT2D eigenvalue weighted by Gasteiger charge is -2.61. The van der Waals surface area contributed by atoms with Crippen LogP contribution in [0, 0.1) is 52.3 Å². The minimum absolute atomic E-state index is 0.0343. The fourth-order valence-corrected chi connectivity index (χ4v) is 9.91. The van der Waals surface area contributed by atoms with Gasteiger partial charge in [0.1, 0.15) is 6.10 Å². The van der Waals surface area contributed by atoms with E-state index in [9.17, 15) is 9.90 Å². The summed E-state index contributed by atoms with van der Waals surface area (Å²) in [6.07, 6.45) is 11.6. The lowest BCUT2D eigenvalue weighted by molar-refractivity contribution is -0.150. The lowest BCUT2D eigenvalue weighted by atomic mass is 9.44. The molecule has 4 fully saturated rings. The molecule has 0 bridgehead atoms. The number of carbonyl (C=O) groups excluding carboxylic acids is 1. The molecule has 33 heavy (non-hydrogen) atoms. The van der Waals surface area contributed by atoms with Gasteiger partial charge in [0.2, 0.25) is 0 Å². The molecule has 0 aromatic rings. The molecule has 0 aromatic heterocycles. The predicted octanol–water partition coefficient (Wildman–Crippen LogP) is 6.05. The van der Waals surface area contributed by atoms with Crippen molar-refractivity contribution in [2.75, 3.05) is 6.54 Å². The molecule has 5 aliphatic rings. The van der Waals surface area contributed by atoms with Gasteiger partial charge in [-0.2, -0.15) is 0 Å². The van der Waals surface area contributed by atoms with E-state index in [0.717, 1.165) is 44.1 Å². The SMILES string of the molecule is CC(=O)OC1CC2C3CCC4CC(O)CCC4(C)C3CCC2(C)C1C(C)C1=NCC(C)CC1. The average Bonchev–Trinajstić information content (AvgIpc) is 3.05. The number of hydrogen-bond donors (Lipinski definition) is 1. The molecule has 0 spiro atoms. The van der Waals surface area contributed by atoms with Gasteiger partial charge >= 0.3 is 5.97 Å². The summed E-state index contributed by atoms with van der Waals surface area (Å²) in [6.45, 7) is 12.3. The Labute approximate surface area is 201 Å². The van der Waals surface area contributed by atoms with E-state index < -0.39 is 0 Å². The highest BCUT2D eigenvalue weighted by Gasteiger charge is 2.64. The number of carbonyl (C=O) groups is 1. The summed E-state index contributed by atoms with van der Waals surface area (Å²) < 4.78 is 6.11. The van der Waals surface area contributed by atoms with Crippen molar-refractivity contribution in [1.82, 2.24) is 0 Å². The van der Waals surface area contributed by atoms with Crippen molar-refractivity contribution < 1.29 is 14.6 Å². The Kier molecular flexibility index (Phi) is 6.24. The quantitative estimate of drug-likeness (QED) is 0.524. The van der Waals surface area contributed by atoms with Gasteiger partial charge in [0.05, 0.1) is 6.10 Å². The molecule has 5 rings (SSSR count). The van der Waals surface area contributed by atoms with Crippen LogP contribution in [0.5, 0.6) is 0 Å². The van der Waals surface area contributed by atoms with Crippen molar-refractivity contribution in [3.8, 4) is 0 Å². The van der Waals surface area contributed by atoms with Crippen LogP contribution in [0.4, 0.5) is 0 Å².